The molecule has 1 N–H and O–H groups in total. The number of amides is 1. The topological polar surface area (TPSA) is 92.5 Å². The second kappa shape index (κ2) is 5.55. The maximum Gasteiger partial charge on any atom is 0.356 e. The zero-order valence-corrected chi connectivity index (χ0v) is 12.5. The van der Waals surface area contributed by atoms with E-state index in [1.54, 1.807) is 16.5 Å². The molecule has 1 aromatic heterocycles. The Kier molecular flexibility index (Phi) is 3.72. The molecule has 1 saturated heterocycles. The van der Waals surface area contributed by atoms with E-state index in [-0.39, 0.29) is 23.4 Å². The Hall–Kier alpha value is -2.18. The molecule has 1 aliphatic heterocycles. The highest BCUT2D eigenvalue weighted by Crippen LogP contribution is 2.31. The third-order valence-electron chi connectivity index (χ3n) is 4.56. The summed E-state index contributed by atoms with van der Waals surface area (Å²) in [5, 5.41) is 13.5. The van der Waals surface area contributed by atoms with Gasteiger partial charge in [-0.1, -0.05) is 0 Å². The summed E-state index contributed by atoms with van der Waals surface area (Å²) < 4.78 is 1.62. The standard InChI is InChI=1S/C15H19N3O4/c1-9(19)17-7-5-10(6-8-17)18-14-11(3-2-4-12(14)20)13(16-18)15(21)22/h10H,2-8H2,1H3,(H,21,22). The number of carboxylic acid groups (broad SMARTS) is 1. The Morgan fingerprint density at radius 1 is 1.23 bits per heavy atom. The summed E-state index contributed by atoms with van der Waals surface area (Å²) in [5.41, 5.74) is 1.07. The normalized spacial score (nSPS) is 19.1. The SMILES string of the molecule is CC(=O)N1CCC(n2nc(C(=O)O)c3c2C(=O)CCC3)CC1. The highest BCUT2D eigenvalue weighted by atomic mass is 16.4. The van der Waals surface area contributed by atoms with Crippen LogP contribution in [0, 0.1) is 0 Å². The second-order valence-electron chi connectivity index (χ2n) is 5.94. The first kappa shape index (κ1) is 14.7. The molecular weight excluding hydrogens is 286 g/mol. The van der Waals surface area contributed by atoms with Gasteiger partial charge in [0.05, 0.1) is 6.04 Å². The molecular formula is C15H19N3O4. The Morgan fingerprint density at radius 3 is 2.50 bits per heavy atom. The quantitative estimate of drug-likeness (QED) is 0.888. The van der Waals surface area contributed by atoms with Crippen LogP contribution in [-0.2, 0) is 11.2 Å². The number of carbonyl (C=O) groups excluding carboxylic acids is 2. The van der Waals surface area contributed by atoms with Crippen molar-refractivity contribution in [3.05, 3.63) is 17.0 Å². The number of rotatable bonds is 2. The minimum absolute atomic E-state index is 0.0112. The molecule has 0 unspecified atom stereocenters. The molecule has 0 saturated carbocycles. The van der Waals surface area contributed by atoms with Crippen LogP contribution >= 0.6 is 0 Å². The number of nitrogens with zero attached hydrogens (tertiary/aromatic N) is 3. The molecule has 22 heavy (non-hydrogen) atoms. The zero-order valence-electron chi connectivity index (χ0n) is 12.5. The molecule has 0 atom stereocenters. The molecule has 7 heteroatoms. The predicted octanol–water partition coefficient (Wildman–Crippen LogP) is 1.28. The lowest BCUT2D eigenvalue weighted by Gasteiger charge is -2.32. The number of hydrogen-bond donors (Lipinski definition) is 1. The van der Waals surface area contributed by atoms with Gasteiger partial charge >= 0.3 is 5.97 Å². The number of aromatic nitrogens is 2. The highest BCUT2D eigenvalue weighted by Gasteiger charge is 2.33. The number of likely N-dealkylation sites (tertiary alicyclic amines) is 1. The van der Waals surface area contributed by atoms with Crippen molar-refractivity contribution in [2.24, 2.45) is 0 Å². The summed E-state index contributed by atoms with van der Waals surface area (Å²) in [7, 11) is 0. The number of hydrogen-bond acceptors (Lipinski definition) is 4. The van der Waals surface area contributed by atoms with Crippen LogP contribution in [0.3, 0.4) is 0 Å². The Morgan fingerprint density at radius 2 is 1.91 bits per heavy atom. The summed E-state index contributed by atoms with van der Waals surface area (Å²) in [6.45, 7) is 2.78. The molecule has 0 bridgehead atoms. The molecule has 1 amide bonds. The van der Waals surface area contributed by atoms with Gasteiger partial charge in [0, 0.05) is 32.0 Å². The highest BCUT2D eigenvalue weighted by molar-refractivity contribution is 6.00. The summed E-state index contributed by atoms with van der Waals surface area (Å²) >= 11 is 0. The van der Waals surface area contributed by atoms with Gasteiger partial charge in [-0.25, -0.2) is 4.79 Å². The van der Waals surface area contributed by atoms with Crippen molar-refractivity contribution in [3.8, 4) is 0 Å². The second-order valence-corrected chi connectivity index (χ2v) is 5.94. The zero-order chi connectivity index (χ0) is 15.9. The summed E-state index contributed by atoms with van der Waals surface area (Å²) in [6.07, 6.45) is 3.11. The van der Waals surface area contributed by atoms with Crippen molar-refractivity contribution in [1.29, 1.82) is 0 Å². The predicted molar refractivity (Wildman–Crippen MR) is 77.0 cm³/mol. The summed E-state index contributed by atoms with van der Waals surface area (Å²) in [5.74, 6) is -1.05. The van der Waals surface area contributed by atoms with E-state index in [0.29, 0.717) is 56.5 Å². The largest absolute Gasteiger partial charge is 0.476 e. The van der Waals surface area contributed by atoms with Crippen LogP contribution in [0.1, 0.15) is 65.2 Å². The van der Waals surface area contributed by atoms with Gasteiger partial charge in [0.15, 0.2) is 11.5 Å². The first-order valence-electron chi connectivity index (χ1n) is 7.62. The van der Waals surface area contributed by atoms with E-state index in [4.69, 9.17) is 0 Å². The summed E-state index contributed by atoms with van der Waals surface area (Å²) in [4.78, 5) is 36.8. The molecule has 7 nitrogen and oxygen atoms in total. The summed E-state index contributed by atoms with van der Waals surface area (Å²) in [6, 6.07) is -0.0144. The van der Waals surface area contributed by atoms with E-state index < -0.39 is 5.97 Å². The van der Waals surface area contributed by atoms with Crippen molar-refractivity contribution >= 4 is 17.7 Å². The van der Waals surface area contributed by atoms with Crippen molar-refractivity contribution in [3.63, 3.8) is 0 Å². The lowest BCUT2D eigenvalue weighted by atomic mass is 9.94. The van der Waals surface area contributed by atoms with Crippen LogP contribution in [0.5, 0.6) is 0 Å². The van der Waals surface area contributed by atoms with E-state index >= 15 is 0 Å². The van der Waals surface area contributed by atoms with Gasteiger partial charge in [-0.05, 0) is 25.7 Å². The Balaban J connectivity index is 1.93. The van der Waals surface area contributed by atoms with Crippen LogP contribution in [0.4, 0.5) is 0 Å². The number of piperidine rings is 1. The average Bonchev–Trinajstić information content (AvgIpc) is 2.88. The van der Waals surface area contributed by atoms with Gasteiger partial charge in [0.1, 0.15) is 5.69 Å². The maximum absolute atomic E-state index is 12.2. The minimum atomic E-state index is -1.08. The third-order valence-corrected chi connectivity index (χ3v) is 4.56. The van der Waals surface area contributed by atoms with Gasteiger partial charge in [-0.3, -0.25) is 14.3 Å². The number of aromatic carboxylic acids is 1. The van der Waals surface area contributed by atoms with Crippen LogP contribution in [0.2, 0.25) is 0 Å². The molecule has 1 aromatic rings. The fourth-order valence-electron chi connectivity index (χ4n) is 3.41. The molecule has 2 aliphatic rings. The van der Waals surface area contributed by atoms with Crippen LogP contribution < -0.4 is 0 Å². The molecule has 3 rings (SSSR count). The van der Waals surface area contributed by atoms with E-state index in [1.165, 1.54) is 0 Å². The van der Waals surface area contributed by atoms with Gasteiger partial charge in [-0.15, -0.1) is 0 Å². The van der Waals surface area contributed by atoms with E-state index in [0.717, 1.165) is 0 Å². The van der Waals surface area contributed by atoms with Crippen molar-refractivity contribution in [1.82, 2.24) is 14.7 Å². The van der Waals surface area contributed by atoms with Crippen molar-refractivity contribution in [2.45, 2.75) is 45.1 Å². The number of ketones is 1. The van der Waals surface area contributed by atoms with Crippen molar-refractivity contribution < 1.29 is 19.5 Å². The molecule has 0 aromatic carbocycles. The Bertz CT molecular complexity index is 641. The minimum Gasteiger partial charge on any atom is -0.476 e. The number of carboxylic acids is 1. The molecule has 2 heterocycles. The maximum atomic E-state index is 12.2. The molecule has 1 fully saturated rings. The first-order chi connectivity index (χ1) is 10.5. The third kappa shape index (κ3) is 2.40. The van der Waals surface area contributed by atoms with Crippen LogP contribution in [0.15, 0.2) is 0 Å². The Labute approximate surface area is 127 Å². The van der Waals surface area contributed by atoms with Crippen molar-refractivity contribution in [2.75, 3.05) is 13.1 Å². The van der Waals surface area contributed by atoms with E-state index in [9.17, 15) is 19.5 Å². The number of Topliss-reactive ketones (excluding diaryl/α,β-unsaturated/α-hetero) is 1. The van der Waals surface area contributed by atoms with E-state index in [2.05, 4.69) is 5.10 Å². The smallest absolute Gasteiger partial charge is 0.356 e. The van der Waals surface area contributed by atoms with Gasteiger partial charge in [0.25, 0.3) is 0 Å². The lowest BCUT2D eigenvalue weighted by molar-refractivity contribution is -0.130. The van der Waals surface area contributed by atoms with Crippen LogP contribution in [0.25, 0.3) is 0 Å². The first-order valence-corrected chi connectivity index (χ1v) is 7.62. The lowest BCUT2D eigenvalue weighted by Crippen LogP contribution is -2.38. The van der Waals surface area contributed by atoms with Gasteiger partial charge in [-0.2, -0.15) is 5.10 Å². The molecule has 0 radical (unpaired) electrons. The number of fused-ring (bicyclic) bond motifs is 1. The fraction of sp³-hybridized carbons (Fsp3) is 0.600. The molecule has 0 spiro atoms. The fourth-order valence-corrected chi connectivity index (χ4v) is 3.41. The monoisotopic (exact) mass is 305 g/mol. The van der Waals surface area contributed by atoms with E-state index in [1.807, 2.05) is 0 Å². The molecule has 118 valence electrons. The van der Waals surface area contributed by atoms with Gasteiger partial charge in [0.2, 0.25) is 5.91 Å². The molecule has 1 aliphatic carbocycles. The van der Waals surface area contributed by atoms with Crippen LogP contribution in [-0.4, -0.2) is 50.5 Å². The average molecular weight is 305 g/mol. The van der Waals surface area contributed by atoms with Gasteiger partial charge < -0.3 is 10.0 Å². The number of carbonyl (C=O) groups is 3.